The maximum atomic E-state index is 12.9. The minimum atomic E-state index is 0.0541. The van der Waals surface area contributed by atoms with Crippen molar-refractivity contribution in [3.8, 4) is 11.3 Å². The number of amides is 1. The van der Waals surface area contributed by atoms with Gasteiger partial charge in [-0.05, 0) is 76.4 Å². The van der Waals surface area contributed by atoms with Gasteiger partial charge in [0.2, 0.25) is 5.91 Å². The summed E-state index contributed by atoms with van der Waals surface area (Å²) in [6.45, 7) is 4.38. The minimum absolute atomic E-state index is 0.0541. The van der Waals surface area contributed by atoms with E-state index in [9.17, 15) is 4.79 Å². The number of aromatic nitrogens is 4. The van der Waals surface area contributed by atoms with Crippen LogP contribution in [0.15, 0.2) is 36.9 Å². The third-order valence-corrected chi connectivity index (χ3v) is 6.96. The van der Waals surface area contributed by atoms with Crippen LogP contribution in [0.1, 0.15) is 25.7 Å². The van der Waals surface area contributed by atoms with Crippen molar-refractivity contribution in [2.24, 2.45) is 13.0 Å². The molecular weight excluding hydrogens is 402 g/mol. The summed E-state index contributed by atoms with van der Waals surface area (Å²) < 4.78 is 1.76. The summed E-state index contributed by atoms with van der Waals surface area (Å²) in [5.41, 5.74) is 1.82. The van der Waals surface area contributed by atoms with Crippen LogP contribution >= 0.6 is 0 Å². The third kappa shape index (κ3) is 4.52. The molecule has 8 nitrogen and oxygen atoms in total. The zero-order chi connectivity index (χ0) is 22.1. The van der Waals surface area contributed by atoms with E-state index in [0.29, 0.717) is 11.9 Å². The Labute approximate surface area is 188 Å². The highest BCUT2D eigenvalue weighted by Crippen LogP contribution is 2.26. The maximum absolute atomic E-state index is 12.9. The number of carbonyl (C=O) groups excluding carboxylic acids is 1. The second kappa shape index (κ2) is 8.96. The number of aryl methyl sites for hydroxylation is 1. The summed E-state index contributed by atoms with van der Waals surface area (Å²) in [5.74, 6) is 0.739. The number of likely N-dealkylation sites (tertiary alicyclic amines) is 2. The van der Waals surface area contributed by atoms with Crippen LogP contribution in [0.25, 0.3) is 22.0 Å². The average Bonchev–Trinajstić information content (AvgIpc) is 3.25. The average molecular weight is 434 g/mol. The first-order chi connectivity index (χ1) is 15.5. The molecule has 168 valence electrons. The van der Waals surface area contributed by atoms with E-state index in [0.717, 1.165) is 48.0 Å². The Morgan fingerprint density at radius 2 is 1.69 bits per heavy atom. The number of hydrogen-bond acceptors (Lipinski definition) is 6. The van der Waals surface area contributed by atoms with Gasteiger partial charge in [0.25, 0.3) is 0 Å². The van der Waals surface area contributed by atoms with Gasteiger partial charge in [-0.2, -0.15) is 5.10 Å². The monoisotopic (exact) mass is 433 g/mol. The summed E-state index contributed by atoms with van der Waals surface area (Å²) in [6, 6.07) is 4.63. The van der Waals surface area contributed by atoms with Crippen molar-refractivity contribution in [3.63, 3.8) is 0 Å². The van der Waals surface area contributed by atoms with E-state index in [2.05, 4.69) is 37.2 Å². The van der Waals surface area contributed by atoms with Crippen LogP contribution in [0.5, 0.6) is 0 Å². The first kappa shape index (κ1) is 21.0. The van der Waals surface area contributed by atoms with Crippen molar-refractivity contribution < 1.29 is 4.79 Å². The molecule has 0 saturated carbocycles. The molecule has 1 amide bonds. The summed E-state index contributed by atoms with van der Waals surface area (Å²) in [6.07, 6.45) is 11.6. The van der Waals surface area contributed by atoms with Gasteiger partial charge in [-0.1, -0.05) is 0 Å². The molecule has 5 rings (SSSR count). The smallest absolute Gasteiger partial charge is 0.228 e. The van der Waals surface area contributed by atoms with Gasteiger partial charge >= 0.3 is 0 Å². The van der Waals surface area contributed by atoms with Gasteiger partial charge in [-0.15, -0.1) is 0 Å². The Morgan fingerprint density at radius 1 is 0.938 bits per heavy atom. The maximum Gasteiger partial charge on any atom is 0.228 e. The Kier molecular flexibility index (Phi) is 5.89. The zero-order valence-corrected chi connectivity index (χ0v) is 18.9. The topological polar surface area (TPSA) is 79.2 Å². The van der Waals surface area contributed by atoms with Crippen molar-refractivity contribution in [3.05, 3.63) is 36.9 Å². The largest absolute Gasteiger partial charge is 0.310 e. The van der Waals surface area contributed by atoms with Crippen molar-refractivity contribution >= 4 is 22.5 Å². The summed E-state index contributed by atoms with van der Waals surface area (Å²) in [4.78, 5) is 26.9. The fourth-order valence-electron chi connectivity index (χ4n) is 4.93. The van der Waals surface area contributed by atoms with Gasteiger partial charge in [0, 0.05) is 48.5 Å². The van der Waals surface area contributed by atoms with Crippen LogP contribution in [0.3, 0.4) is 0 Å². The van der Waals surface area contributed by atoms with Gasteiger partial charge < -0.3 is 15.1 Å². The Balaban J connectivity index is 1.22. The molecule has 5 heterocycles. The molecule has 0 aliphatic carbocycles. The molecule has 0 radical (unpaired) electrons. The molecule has 2 fully saturated rings. The van der Waals surface area contributed by atoms with E-state index in [4.69, 9.17) is 0 Å². The second-order valence-corrected chi connectivity index (χ2v) is 9.22. The highest BCUT2D eigenvalue weighted by atomic mass is 16.1. The SMILES string of the molecule is CN1CCC(N2CCC(C(=O)Nc3cc4cc(-c5cnn(C)c5)ncc4cn3)CC2)CC1. The lowest BCUT2D eigenvalue weighted by Crippen LogP contribution is -2.48. The highest BCUT2D eigenvalue weighted by Gasteiger charge is 2.30. The van der Waals surface area contributed by atoms with E-state index >= 15 is 0 Å². The van der Waals surface area contributed by atoms with E-state index < -0.39 is 0 Å². The lowest BCUT2D eigenvalue weighted by molar-refractivity contribution is -0.121. The van der Waals surface area contributed by atoms with Crippen LogP contribution in [0.2, 0.25) is 0 Å². The number of carbonyl (C=O) groups is 1. The number of fused-ring (bicyclic) bond motifs is 1. The van der Waals surface area contributed by atoms with Gasteiger partial charge in [0.05, 0.1) is 11.9 Å². The van der Waals surface area contributed by atoms with Crippen molar-refractivity contribution in [1.82, 2.24) is 29.5 Å². The molecule has 2 aliphatic heterocycles. The fraction of sp³-hybridized carbons (Fsp3) is 0.500. The van der Waals surface area contributed by atoms with E-state index in [1.54, 1.807) is 17.1 Å². The van der Waals surface area contributed by atoms with E-state index in [1.165, 1.54) is 25.9 Å². The van der Waals surface area contributed by atoms with Crippen LogP contribution in [-0.2, 0) is 11.8 Å². The Hall–Kier alpha value is -2.84. The number of nitrogens with one attached hydrogen (secondary N) is 1. The molecule has 3 aromatic heterocycles. The van der Waals surface area contributed by atoms with Crippen LogP contribution in [0.4, 0.5) is 5.82 Å². The van der Waals surface area contributed by atoms with Gasteiger partial charge in [0.15, 0.2) is 0 Å². The summed E-state index contributed by atoms with van der Waals surface area (Å²) in [5, 5.41) is 9.22. The van der Waals surface area contributed by atoms with Gasteiger partial charge in [0.1, 0.15) is 5.82 Å². The fourth-order valence-corrected chi connectivity index (χ4v) is 4.93. The van der Waals surface area contributed by atoms with Crippen LogP contribution < -0.4 is 5.32 Å². The van der Waals surface area contributed by atoms with Crippen molar-refractivity contribution in [2.45, 2.75) is 31.7 Å². The first-order valence-corrected chi connectivity index (χ1v) is 11.5. The summed E-state index contributed by atoms with van der Waals surface area (Å²) >= 11 is 0. The summed E-state index contributed by atoms with van der Waals surface area (Å²) in [7, 11) is 4.09. The molecule has 1 N–H and O–H groups in total. The molecule has 8 heteroatoms. The number of pyridine rings is 2. The number of piperidine rings is 2. The Bertz CT molecular complexity index is 1090. The minimum Gasteiger partial charge on any atom is -0.310 e. The van der Waals surface area contributed by atoms with Gasteiger partial charge in [-0.3, -0.25) is 14.5 Å². The number of anilines is 1. The number of nitrogens with zero attached hydrogens (tertiary/aromatic N) is 6. The quantitative estimate of drug-likeness (QED) is 0.682. The molecule has 2 saturated heterocycles. The van der Waals surface area contributed by atoms with Crippen molar-refractivity contribution in [2.75, 3.05) is 38.5 Å². The highest BCUT2D eigenvalue weighted by molar-refractivity contribution is 5.94. The molecule has 0 aromatic carbocycles. The molecule has 0 spiro atoms. The third-order valence-electron chi connectivity index (χ3n) is 6.96. The lowest BCUT2D eigenvalue weighted by atomic mass is 9.93. The standard InChI is InChI=1S/C24H31N7O/c1-29-7-5-21(6-8-29)31-9-3-17(4-10-31)24(32)28-23-12-18-11-22(20-15-27-30(2)16-20)25-13-19(18)14-26-23/h11-17,21H,3-10H2,1-2H3,(H,26,28,32). The zero-order valence-electron chi connectivity index (χ0n) is 18.9. The van der Waals surface area contributed by atoms with Crippen molar-refractivity contribution in [1.29, 1.82) is 0 Å². The molecule has 2 aliphatic rings. The molecular formula is C24H31N7O. The molecule has 0 bridgehead atoms. The molecule has 32 heavy (non-hydrogen) atoms. The molecule has 3 aromatic rings. The first-order valence-electron chi connectivity index (χ1n) is 11.5. The van der Waals surface area contributed by atoms with E-state index in [-0.39, 0.29) is 11.8 Å². The Morgan fingerprint density at radius 3 is 2.41 bits per heavy atom. The predicted molar refractivity (Wildman–Crippen MR) is 125 cm³/mol. The van der Waals surface area contributed by atoms with Gasteiger partial charge in [-0.25, -0.2) is 4.98 Å². The molecule has 0 unspecified atom stereocenters. The van der Waals surface area contributed by atoms with E-state index in [1.807, 2.05) is 31.6 Å². The predicted octanol–water partition coefficient (Wildman–Crippen LogP) is 2.78. The van der Waals surface area contributed by atoms with Crippen LogP contribution in [-0.4, -0.2) is 74.7 Å². The number of rotatable bonds is 4. The molecule has 0 atom stereocenters. The van der Waals surface area contributed by atoms with Crippen LogP contribution in [0, 0.1) is 5.92 Å². The lowest BCUT2D eigenvalue weighted by Gasteiger charge is -2.40. The number of hydrogen-bond donors (Lipinski definition) is 1. The second-order valence-electron chi connectivity index (χ2n) is 9.22. The normalized spacial score (nSPS) is 19.4.